The second kappa shape index (κ2) is 8.54. The number of rotatable bonds is 5. The average Bonchev–Trinajstić information content (AvgIpc) is 2.60. The van der Waals surface area contributed by atoms with E-state index in [4.69, 9.17) is 9.47 Å². The summed E-state index contributed by atoms with van der Waals surface area (Å²) >= 11 is 0. The first-order chi connectivity index (χ1) is 13.2. The monoisotopic (exact) mass is 392 g/mol. The van der Waals surface area contributed by atoms with Crippen molar-refractivity contribution in [3.05, 3.63) is 11.3 Å². The minimum atomic E-state index is -0.270. The molecular formula is C22H36N2O4. The van der Waals surface area contributed by atoms with Gasteiger partial charge in [-0.25, -0.2) is 4.79 Å². The Bertz CT molecular complexity index is 634. The maximum absolute atomic E-state index is 13.1. The van der Waals surface area contributed by atoms with Crippen molar-refractivity contribution in [3.63, 3.8) is 0 Å². The van der Waals surface area contributed by atoms with E-state index in [2.05, 4.69) is 37.9 Å². The second-order valence-electron chi connectivity index (χ2n) is 9.56. The van der Waals surface area contributed by atoms with E-state index >= 15 is 0 Å². The van der Waals surface area contributed by atoms with Gasteiger partial charge in [0, 0.05) is 49.6 Å². The van der Waals surface area contributed by atoms with Gasteiger partial charge in [-0.2, -0.15) is 0 Å². The molecule has 1 aliphatic carbocycles. The lowest BCUT2D eigenvalue weighted by molar-refractivity contribution is -0.141. The Hall–Kier alpha value is -1.40. The van der Waals surface area contributed by atoms with Crippen LogP contribution in [0.25, 0.3) is 0 Å². The molecule has 1 N–H and O–H groups in total. The molecule has 6 heteroatoms. The molecule has 3 atom stereocenters. The summed E-state index contributed by atoms with van der Waals surface area (Å²) < 4.78 is 10.9. The zero-order valence-electron chi connectivity index (χ0n) is 18.0. The van der Waals surface area contributed by atoms with Gasteiger partial charge >= 0.3 is 5.97 Å². The van der Waals surface area contributed by atoms with Crippen LogP contribution in [0.3, 0.4) is 0 Å². The summed E-state index contributed by atoms with van der Waals surface area (Å²) in [5.41, 5.74) is 1.63. The molecular weight excluding hydrogens is 356 g/mol. The van der Waals surface area contributed by atoms with Crippen LogP contribution in [0.4, 0.5) is 0 Å². The van der Waals surface area contributed by atoms with E-state index in [1.54, 1.807) is 0 Å². The maximum atomic E-state index is 13.1. The van der Waals surface area contributed by atoms with E-state index in [0.717, 1.165) is 25.2 Å². The minimum Gasteiger partial charge on any atom is -0.463 e. The first kappa shape index (κ1) is 21.3. The molecule has 158 valence electrons. The number of carbonyl (C=O) groups is 2. The van der Waals surface area contributed by atoms with Gasteiger partial charge in [0.05, 0.1) is 25.4 Å². The van der Waals surface area contributed by atoms with E-state index < -0.39 is 0 Å². The Kier molecular flexibility index (Phi) is 6.50. The van der Waals surface area contributed by atoms with Gasteiger partial charge in [0.1, 0.15) is 5.78 Å². The van der Waals surface area contributed by atoms with Gasteiger partial charge in [-0.1, -0.05) is 27.7 Å². The molecule has 1 saturated carbocycles. The number of hydrogen-bond acceptors (Lipinski definition) is 6. The lowest BCUT2D eigenvalue weighted by Crippen LogP contribution is -2.57. The predicted octanol–water partition coefficient (Wildman–Crippen LogP) is 2.39. The molecule has 28 heavy (non-hydrogen) atoms. The lowest BCUT2D eigenvalue weighted by atomic mass is 9.60. The molecule has 0 aromatic rings. The first-order valence-electron chi connectivity index (χ1n) is 10.7. The second-order valence-corrected chi connectivity index (χ2v) is 9.56. The van der Waals surface area contributed by atoms with Crippen molar-refractivity contribution >= 4 is 11.8 Å². The van der Waals surface area contributed by atoms with Gasteiger partial charge < -0.3 is 14.8 Å². The van der Waals surface area contributed by atoms with Crippen LogP contribution in [-0.2, 0) is 19.1 Å². The summed E-state index contributed by atoms with van der Waals surface area (Å²) in [6.07, 6.45) is 1.52. The molecule has 0 spiro atoms. The summed E-state index contributed by atoms with van der Waals surface area (Å²) in [6, 6.07) is 0.0814. The lowest BCUT2D eigenvalue weighted by Gasteiger charge is -2.49. The zero-order valence-corrected chi connectivity index (χ0v) is 18.0. The van der Waals surface area contributed by atoms with E-state index in [1.165, 1.54) is 0 Å². The fourth-order valence-electron chi connectivity index (χ4n) is 5.21. The fourth-order valence-corrected chi connectivity index (χ4v) is 5.21. The molecule has 3 rings (SSSR count). The fraction of sp³-hybridized carbons (Fsp3) is 0.818. The van der Waals surface area contributed by atoms with Crippen molar-refractivity contribution in [1.82, 2.24) is 10.2 Å². The van der Waals surface area contributed by atoms with Crippen molar-refractivity contribution in [2.45, 2.75) is 53.5 Å². The van der Waals surface area contributed by atoms with Crippen LogP contribution >= 0.6 is 0 Å². The number of nitrogens with one attached hydrogen (secondary N) is 1. The molecule has 0 amide bonds. The Morgan fingerprint density at radius 3 is 2.61 bits per heavy atom. The van der Waals surface area contributed by atoms with Crippen LogP contribution in [0, 0.1) is 23.2 Å². The highest BCUT2D eigenvalue weighted by Crippen LogP contribution is 2.46. The smallest absolute Gasteiger partial charge is 0.336 e. The maximum Gasteiger partial charge on any atom is 0.336 e. The molecule has 1 saturated heterocycles. The Morgan fingerprint density at radius 1 is 1.32 bits per heavy atom. The number of ketones is 1. The van der Waals surface area contributed by atoms with Crippen LogP contribution < -0.4 is 5.32 Å². The average molecular weight is 393 g/mol. The van der Waals surface area contributed by atoms with Crippen molar-refractivity contribution < 1.29 is 19.1 Å². The summed E-state index contributed by atoms with van der Waals surface area (Å²) in [5, 5.41) is 3.64. The van der Waals surface area contributed by atoms with Gasteiger partial charge in [-0.3, -0.25) is 9.69 Å². The van der Waals surface area contributed by atoms with Crippen LogP contribution in [-0.4, -0.2) is 62.1 Å². The summed E-state index contributed by atoms with van der Waals surface area (Å²) in [7, 11) is 0. The predicted molar refractivity (Wildman–Crippen MR) is 108 cm³/mol. The van der Waals surface area contributed by atoms with Gasteiger partial charge in [0.2, 0.25) is 0 Å². The molecule has 3 aliphatic rings. The number of fused-ring (bicyclic) bond motifs is 1. The van der Waals surface area contributed by atoms with E-state index in [9.17, 15) is 9.59 Å². The van der Waals surface area contributed by atoms with Crippen molar-refractivity contribution in [3.8, 4) is 0 Å². The first-order valence-corrected chi connectivity index (χ1v) is 10.7. The number of morpholine rings is 1. The molecule has 0 bridgehead atoms. The van der Waals surface area contributed by atoms with Crippen molar-refractivity contribution in [2.75, 3.05) is 39.5 Å². The van der Waals surface area contributed by atoms with Gasteiger partial charge in [-0.15, -0.1) is 0 Å². The Balaban J connectivity index is 2.00. The number of hydrogen-bond donors (Lipinski definition) is 1. The third kappa shape index (κ3) is 4.43. The molecule has 0 radical (unpaired) electrons. The number of ether oxygens (including phenoxy) is 2. The number of esters is 1. The van der Waals surface area contributed by atoms with Crippen LogP contribution in [0.15, 0.2) is 11.3 Å². The largest absolute Gasteiger partial charge is 0.463 e. The van der Waals surface area contributed by atoms with Crippen LogP contribution in [0.5, 0.6) is 0 Å². The SMILES string of the molecule is CCOC(=O)C1=C(CN2CCOCC2)NC2CC(C)(C)CC(=O)C2C1C(C)C. The molecule has 3 unspecified atom stereocenters. The van der Waals surface area contributed by atoms with Crippen molar-refractivity contribution in [1.29, 1.82) is 0 Å². The highest BCUT2D eigenvalue weighted by Gasteiger charge is 2.50. The van der Waals surface area contributed by atoms with Gasteiger partial charge in [-0.05, 0) is 24.7 Å². The highest BCUT2D eigenvalue weighted by atomic mass is 16.5. The molecule has 6 nitrogen and oxygen atoms in total. The Morgan fingerprint density at radius 2 is 2.00 bits per heavy atom. The molecule has 0 aromatic carbocycles. The molecule has 2 heterocycles. The van der Waals surface area contributed by atoms with Gasteiger partial charge in [0.15, 0.2) is 0 Å². The summed E-state index contributed by atoms with van der Waals surface area (Å²) in [4.78, 5) is 28.5. The quantitative estimate of drug-likeness (QED) is 0.725. The standard InChI is InChI=1S/C22H36N2O4/c1-6-28-21(26)20-16(13-24-7-9-27-10-8-24)23-15-11-22(4,5)12-17(25)19(15)18(20)14(2)3/h14-15,18-19,23H,6-13H2,1-5H3. The van der Waals surface area contributed by atoms with E-state index in [1.807, 2.05) is 6.92 Å². The molecule has 2 aliphatic heterocycles. The Labute approximate surface area is 169 Å². The zero-order chi connectivity index (χ0) is 20.5. The van der Waals surface area contributed by atoms with Crippen LogP contribution in [0.2, 0.25) is 0 Å². The highest BCUT2D eigenvalue weighted by molar-refractivity contribution is 5.93. The van der Waals surface area contributed by atoms with Gasteiger partial charge in [0.25, 0.3) is 0 Å². The topological polar surface area (TPSA) is 67.9 Å². The number of carbonyl (C=O) groups excluding carboxylic acids is 2. The minimum absolute atomic E-state index is 0.0156. The van der Waals surface area contributed by atoms with Crippen LogP contribution in [0.1, 0.15) is 47.5 Å². The molecule has 0 aromatic heterocycles. The third-order valence-corrected chi connectivity index (χ3v) is 6.33. The normalized spacial score (nSPS) is 30.8. The van der Waals surface area contributed by atoms with Crippen molar-refractivity contribution in [2.24, 2.45) is 23.2 Å². The number of Topliss-reactive ketones (excluding diaryl/α,β-unsaturated/α-hetero) is 1. The number of nitrogens with zero attached hydrogens (tertiary/aromatic N) is 1. The van der Waals surface area contributed by atoms with E-state index in [-0.39, 0.29) is 41.0 Å². The molecule has 2 fully saturated rings. The third-order valence-electron chi connectivity index (χ3n) is 6.33. The van der Waals surface area contributed by atoms with E-state index in [0.29, 0.717) is 38.4 Å². The summed E-state index contributed by atoms with van der Waals surface area (Å²) in [5.74, 6) is -0.0441. The summed E-state index contributed by atoms with van der Waals surface area (Å²) in [6.45, 7) is 14.6.